The Balaban J connectivity index is 1.41. The van der Waals surface area contributed by atoms with E-state index >= 15 is 0 Å². The Hall–Kier alpha value is -1.84. The van der Waals surface area contributed by atoms with Gasteiger partial charge in [0, 0.05) is 24.0 Å². The van der Waals surface area contributed by atoms with Crippen molar-refractivity contribution in [3.8, 4) is 0 Å². The lowest BCUT2D eigenvalue weighted by Crippen LogP contribution is -2.55. The molecule has 136 valence electrons. The van der Waals surface area contributed by atoms with Crippen molar-refractivity contribution in [2.24, 2.45) is 17.8 Å². The number of hydrogen-bond donors (Lipinski definition) is 1. The van der Waals surface area contributed by atoms with Crippen LogP contribution in [0.25, 0.3) is 10.9 Å². The summed E-state index contributed by atoms with van der Waals surface area (Å²) in [5.41, 5.74) is 1.37. The van der Waals surface area contributed by atoms with Crippen molar-refractivity contribution in [2.45, 2.75) is 56.9 Å². The molecule has 4 heteroatoms. The Kier molecular flexibility index (Phi) is 3.27. The SMILES string of the molecule is c1ccc2c(NC34CC5CC(CC(C5)C3)C4)nc(N3CCCC3)nc2c1. The van der Waals surface area contributed by atoms with Crippen molar-refractivity contribution in [1.82, 2.24) is 9.97 Å². The normalized spacial score (nSPS) is 35.4. The smallest absolute Gasteiger partial charge is 0.227 e. The van der Waals surface area contributed by atoms with E-state index < -0.39 is 0 Å². The molecule has 1 aliphatic heterocycles. The molecule has 4 bridgehead atoms. The van der Waals surface area contributed by atoms with Gasteiger partial charge in [-0.05, 0) is 81.3 Å². The lowest BCUT2D eigenvalue weighted by Gasteiger charge is -2.57. The van der Waals surface area contributed by atoms with E-state index in [0.29, 0.717) is 0 Å². The van der Waals surface area contributed by atoms with Crippen LogP contribution in [0.1, 0.15) is 51.4 Å². The zero-order chi connectivity index (χ0) is 17.1. The summed E-state index contributed by atoms with van der Waals surface area (Å²) in [6.45, 7) is 2.18. The minimum absolute atomic E-state index is 0.286. The van der Waals surface area contributed by atoms with Crippen LogP contribution >= 0.6 is 0 Å². The van der Waals surface area contributed by atoms with Gasteiger partial charge in [0.2, 0.25) is 5.95 Å². The Bertz CT molecular complexity index is 804. The molecular weight excluding hydrogens is 320 g/mol. The average Bonchev–Trinajstić information content (AvgIpc) is 3.15. The average molecular weight is 348 g/mol. The molecule has 4 nitrogen and oxygen atoms in total. The molecule has 0 unspecified atom stereocenters. The van der Waals surface area contributed by atoms with Crippen LogP contribution in [0, 0.1) is 17.8 Å². The van der Waals surface area contributed by atoms with E-state index in [2.05, 4.69) is 34.5 Å². The van der Waals surface area contributed by atoms with E-state index in [1.54, 1.807) is 0 Å². The molecule has 2 heterocycles. The number of aromatic nitrogens is 2. The highest BCUT2D eigenvalue weighted by atomic mass is 15.3. The van der Waals surface area contributed by atoms with Crippen LogP contribution in [0.3, 0.4) is 0 Å². The van der Waals surface area contributed by atoms with Gasteiger partial charge in [0.25, 0.3) is 0 Å². The summed E-state index contributed by atoms with van der Waals surface area (Å²) in [6, 6.07) is 8.54. The van der Waals surface area contributed by atoms with E-state index in [1.165, 1.54) is 56.8 Å². The number of hydrogen-bond acceptors (Lipinski definition) is 4. The summed E-state index contributed by atoms with van der Waals surface area (Å²) >= 11 is 0. The van der Waals surface area contributed by atoms with Crippen molar-refractivity contribution in [3.05, 3.63) is 24.3 Å². The second-order valence-electron chi connectivity index (χ2n) is 9.41. The molecule has 26 heavy (non-hydrogen) atoms. The summed E-state index contributed by atoms with van der Waals surface area (Å²) in [5, 5.41) is 5.20. The first kappa shape index (κ1) is 15.2. The molecule has 2 aromatic rings. The van der Waals surface area contributed by atoms with Crippen molar-refractivity contribution in [1.29, 1.82) is 0 Å². The van der Waals surface area contributed by atoms with Crippen molar-refractivity contribution in [2.75, 3.05) is 23.3 Å². The molecule has 5 aliphatic rings. The standard InChI is InChI=1S/C22H28N4/c1-2-6-19-18(5-1)20(24-21(23-19)26-7-3-4-8-26)25-22-12-15-9-16(13-22)11-17(10-15)14-22/h1-2,5-6,15-17H,3-4,7-14H2,(H,23,24,25). The molecule has 0 amide bonds. The quantitative estimate of drug-likeness (QED) is 0.879. The van der Waals surface area contributed by atoms with E-state index in [0.717, 1.165) is 48.1 Å². The third-order valence-corrected chi connectivity index (χ3v) is 7.40. The topological polar surface area (TPSA) is 41.1 Å². The third kappa shape index (κ3) is 2.41. The van der Waals surface area contributed by atoms with Gasteiger partial charge >= 0.3 is 0 Å². The summed E-state index contributed by atoms with van der Waals surface area (Å²) in [6.07, 6.45) is 11.0. The highest BCUT2D eigenvalue weighted by Crippen LogP contribution is 2.56. The molecule has 0 spiro atoms. The molecule has 1 N–H and O–H groups in total. The number of fused-ring (bicyclic) bond motifs is 1. The fourth-order valence-corrected chi connectivity index (χ4v) is 6.73. The first-order valence-corrected chi connectivity index (χ1v) is 10.6. The maximum Gasteiger partial charge on any atom is 0.227 e. The first-order chi connectivity index (χ1) is 12.8. The van der Waals surface area contributed by atoms with Crippen molar-refractivity contribution in [3.63, 3.8) is 0 Å². The Morgan fingerprint density at radius 1 is 0.885 bits per heavy atom. The summed E-state index contributed by atoms with van der Waals surface area (Å²) in [7, 11) is 0. The Morgan fingerprint density at radius 2 is 1.54 bits per heavy atom. The Morgan fingerprint density at radius 3 is 2.23 bits per heavy atom. The van der Waals surface area contributed by atoms with Gasteiger partial charge in [0.05, 0.1) is 5.52 Å². The largest absolute Gasteiger partial charge is 0.364 e. The second kappa shape index (κ2) is 5.58. The molecule has 5 fully saturated rings. The number of nitrogens with zero attached hydrogens (tertiary/aromatic N) is 3. The van der Waals surface area contributed by atoms with Crippen LogP contribution in [0.4, 0.5) is 11.8 Å². The number of anilines is 2. The summed E-state index contributed by atoms with van der Waals surface area (Å²) in [4.78, 5) is 12.3. The van der Waals surface area contributed by atoms with Crippen molar-refractivity contribution >= 4 is 22.7 Å². The number of benzene rings is 1. The van der Waals surface area contributed by atoms with Gasteiger partial charge in [-0.1, -0.05) is 12.1 Å². The van der Waals surface area contributed by atoms with Crippen LogP contribution < -0.4 is 10.2 Å². The Labute approximate surface area is 155 Å². The second-order valence-corrected chi connectivity index (χ2v) is 9.41. The van der Waals surface area contributed by atoms with Gasteiger partial charge in [0.1, 0.15) is 5.82 Å². The van der Waals surface area contributed by atoms with E-state index in [1.807, 2.05) is 0 Å². The van der Waals surface area contributed by atoms with E-state index in [9.17, 15) is 0 Å². The van der Waals surface area contributed by atoms with Crippen LogP contribution in [0.2, 0.25) is 0 Å². The molecule has 1 saturated heterocycles. The van der Waals surface area contributed by atoms with Crippen molar-refractivity contribution < 1.29 is 0 Å². The zero-order valence-corrected chi connectivity index (χ0v) is 15.5. The monoisotopic (exact) mass is 348 g/mol. The maximum absolute atomic E-state index is 5.06. The predicted molar refractivity (Wildman–Crippen MR) is 106 cm³/mol. The number of nitrogens with one attached hydrogen (secondary N) is 1. The van der Waals surface area contributed by atoms with E-state index in [4.69, 9.17) is 9.97 Å². The lowest BCUT2D eigenvalue weighted by atomic mass is 9.53. The van der Waals surface area contributed by atoms with Gasteiger partial charge in [-0.25, -0.2) is 4.98 Å². The highest BCUT2D eigenvalue weighted by Gasteiger charge is 2.51. The van der Waals surface area contributed by atoms with E-state index in [-0.39, 0.29) is 5.54 Å². The van der Waals surface area contributed by atoms with Gasteiger partial charge in [0.15, 0.2) is 0 Å². The molecule has 4 aliphatic carbocycles. The van der Waals surface area contributed by atoms with Gasteiger partial charge in [-0.2, -0.15) is 4.98 Å². The molecule has 0 atom stereocenters. The molecule has 1 aromatic heterocycles. The van der Waals surface area contributed by atoms with Gasteiger partial charge in [-0.15, -0.1) is 0 Å². The molecule has 1 aromatic carbocycles. The summed E-state index contributed by atoms with van der Waals surface area (Å²) in [5.74, 6) is 4.84. The number of rotatable bonds is 3. The van der Waals surface area contributed by atoms with Crippen LogP contribution in [-0.4, -0.2) is 28.6 Å². The fraction of sp³-hybridized carbons (Fsp3) is 0.636. The molecule has 0 radical (unpaired) electrons. The lowest BCUT2D eigenvalue weighted by molar-refractivity contribution is 0.0106. The predicted octanol–water partition coefficient (Wildman–Crippen LogP) is 4.61. The van der Waals surface area contributed by atoms with Crippen LogP contribution in [-0.2, 0) is 0 Å². The van der Waals surface area contributed by atoms with Crippen LogP contribution in [0.5, 0.6) is 0 Å². The fourth-order valence-electron chi connectivity index (χ4n) is 6.73. The third-order valence-electron chi connectivity index (χ3n) is 7.40. The number of para-hydroxylation sites is 1. The molecular formula is C22H28N4. The van der Waals surface area contributed by atoms with Gasteiger partial charge in [-0.3, -0.25) is 0 Å². The summed E-state index contributed by atoms with van der Waals surface area (Å²) < 4.78 is 0. The highest BCUT2D eigenvalue weighted by molar-refractivity contribution is 5.90. The van der Waals surface area contributed by atoms with Crippen LogP contribution in [0.15, 0.2) is 24.3 Å². The minimum atomic E-state index is 0.286. The zero-order valence-electron chi connectivity index (χ0n) is 15.5. The molecule has 4 saturated carbocycles. The van der Waals surface area contributed by atoms with Gasteiger partial charge < -0.3 is 10.2 Å². The first-order valence-electron chi connectivity index (χ1n) is 10.6. The minimum Gasteiger partial charge on any atom is -0.364 e. The maximum atomic E-state index is 5.06. The molecule has 7 rings (SSSR count).